The predicted molar refractivity (Wildman–Crippen MR) is 107 cm³/mol. The van der Waals surface area contributed by atoms with Gasteiger partial charge in [0.15, 0.2) is 0 Å². The first-order chi connectivity index (χ1) is 14.0. The molecule has 7 nitrogen and oxygen atoms in total. The smallest absolute Gasteiger partial charge is 0.336 e. The van der Waals surface area contributed by atoms with E-state index in [0.29, 0.717) is 23.6 Å². The third kappa shape index (κ3) is 3.24. The molecule has 0 bridgehead atoms. The minimum absolute atomic E-state index is 0.253. The second-order valence-corrected chi connectivity index (χ2v) is 7.61. The van der Waals surface area contributed by atoms with Gasteiger partial charge in [0.2, 0.25) is 5.88 Å². The van der Waals surface area contributed by atoms with E-state index in [-0.39, 0.29) is 11.7 Å². The number of H-pyrrole nitrogens is 1. The molecular weight excluding hydrogens is 370 g/mol. The summed E-state index contributed by atoms with van der Waals surface area (Å²) >= 11 is 0. The summed E-state index contributed by atoms with van der Waals surface area (Å²) < 4.78 is 17.7. The van der Waals surface area contributed by atoms with E-state index >= 15 is 0 Å². The second-order valence-electron chi connectivity index (χ2n) is 7.61. The van der Waals surface area contributed by atoms with Crippen LogP contribution in [0.2, 0.25) is 0 Å². The van der Waals surface area contributed by atoms with Gasteiger partial charge in [-0.15, -0.1) is 0 Å². The lowest BCUT2D eigenvalue weighted by molar-refractivity contribution is -0.0287. The Morgan fingerprint density at radius 2 is 2.07 bits per heavy atom. The van der Waals surface area contributed by atoms with Gasteiger partial charge in [-0.25, -0.2) is 14.8 Å². The SMILES string of the molecule is CC1(C)Oc2cc3oc(=O)ccc3cc2CC1Oc1cc(-c2cc[nH]c2)ncn1. The lowest BCUT2D eigenvalue weighted by Crippen LogP contribution is -2.49. The third-order valence-electron chi connectivity index (χ3n) is 5.15. The van der Waals surface area contributed by atoms with E-state index in [0.717, 1.165) is 22.2 Å². The number of fused-ring (bicyclic) bond motifs is 2. The standard InChI is InChI=1S/C22H19N3O4/c1-22(2)19(28-20-9-16(24-12-25-20)14-5-6-23-11-14)8-15-7-13-3-4-21(26)27-17(13)10-18(15)29-22/h3-7,9-12,19,23H,8H2,1-2H3. The molecule has 0 fully saturated rings. The van der Waals surface area contributed by atoms with E-state index in [1.54, 1.807) is 12.1 Å². The van der Waals surface area contributed by atoms with Gasteiger partial charge < -0.3 is 18.9 Å². The van der Waals surface area contributed by atoms with Gasteiger partial charge in [-0.1, -0.05) is 0 Å². The summed E-state index contributed by atoms with van der Waals surface area (Å²) in [7, 11) is 0. The Bertz CT molecular complexity index is 1240. The van der Waals surface area contributed by atoms with Gasteiger partial charge >= 0.3 is 5.63 Å². The minimum Gasteiger partial charge on any atom is -0.484 e. The van der Waals surface area contributed by atoms with Crippen LogP contribution in [0.25, 0.3) is 22.2 Å². The number of aromatic nitrogens is 3. The van der Waals surface area contributed by atoms with E-state index < -0.39 is 5.60 Å². The number of hydrogen-bond acceptors (Lipinski definition) is 6. The number of aromatic amines is 1. The fourth-order valence-corrected chi connectivity index (χ4v) is 3.57. The van der Waals surface area contributed by atoms with Crippen LogP contribution in [0.1, 0.15) is 19.4 Å². The molecule has 1 N–H and O–H groups in total. The van der Waals surface area contributed by atoms with Gasteiger partial charge in [0.05, 0.1) is 5.69 Å². The fourth-order valence-electron chi connectivity index (χ4n) is 3.57. The van der Waals surface area contributed by atoms with Crippen molar-refractivity contribution in [1.82, 2.24) is 15.0 Å². The average Bonchev–Trinajstić information content (AvgIpc) is 3.22. The van der Waals surface area contributed by atoms with Crippen molar-refractivity contribution in [3.63, 3.8) is 0 Å². The molecule has 146 valence electrons. The van der Waals surface area contributed by atoms with Crippen molar-refractivity contribution in [3.05, 3.63) is 71.1 Å². The van der Waals surface area contributed by atoms with E-state index in [4.69, 9.17) is 13.9 Å². The van der Waals surface area contributed by atoms with Crippen molar-refractivity contribution in [1.29, 1.82) is 0 Å². The van der Waals surface area contributed by atoms with Crippen LogP contribution >= 0.6 is 0 Å². The lowest BCUT2D eigenvalue weighted by Gasteiger charge is -2.39. The number of rotatable bonds is 3. The monoisotopic (exact) mass is 389 g/mol. The molecular formula is C22H19N3O4. The highest BCUT2D eigenvalue weighted by Crippen LogP contribution is 2.37. The summed E-state index contributed by atoms with van der Waals surface area (Å²) in [5.74, 6) is 1.19. The summed E-state index contributed by atoms with van der Waals surface area (Å²) in [5, 5.41) is 0.849. The zero-order valence-electron chi connectivity index (χ0n) is 16.0. The van der Waals surface area contributed by atoms with Crippen LogP contribution < -0.4 is 15.1 Å². The van der Waals surface area contributed by atoms with Crippen LogP contribution in [0.5, 0.6) is 11.6 Å². The molecule has 1 aromatic carbocycles. The molecule has 1 atom stereocenters. The average molecular weight is 389 g/mol. The van der Waals surface area contributed by atoms with Crippen LogP contribution in [-0.2, 0) is 6.42 Å². The van der Waals surface area contributed by atoms with Crippen LogP contribution in [0.15, 0.2) is 64.3 Å². The Morgan fingerprint density at radius 3 is 2.90 bits per heavy atom. The number of hydrogen-bond donors (Lipinski definition) is 1. The Balaban J connectivity index is 1.47. The van der Waals surface area contributed by atoms with E-state index in [1.807, 2.05) is 44.4 Å². The highest BCUT2D eigenvalue weighted by atomic mass is 16.6. The highest BCUT2D eigenvalue weighted by Gasteiger charge is 2.39. The maximum Gasteiger partial charge on any atom is 0.336 e. The summed E-state index contributed by atoms with van der Waals surface area (Å²) in [6, 6.07) is 10.7. The lowest BCUT2D eigenvalue weighted by atomic mass is 9.90. The van der Waals surface area contributed by atoms with Gasteiger partial charge in [0.1, 0.15) is 29.4 Å². The van der Waals surface area contributed by atoms with Crippen molar-refractivity contribution >= 4 is 11.0 Å². The molecule has 1 unspecified atom stereocenters. The van der Waals surface area contributed by atoms with Crippen molar-refractivity contribution in [3.8, 4) is 22.9 Å². The van der Waals surface area contributed by atoms with E-state index in [1.165, 1.54) is 12.4 Å². The highest BCUT2D eigenvalue weighted by molar-refractivity contribution is 5.79. The van der Waals surface area contributed by atoms with Crippen molar-refractivity contribution in [2.75, 3.05) is 0 Å². The molecule has 1 aliphatic rings. The van der Waals surface area contributed by atoms with Crippen LogP contribution in [-0.4, -0.2) is 26.7 Å². The second kappa shape index (κ2) is 6.48. The first kappa shape index (κ1) is 17.5. The summed E-state index contributed by atoms with van der Waals surface area (Å²) in [6.45, 7) is 3.94. The summed E-state index contributed by atoms with van der Waals surface area (Å²) in [5.41, 5.74) is 2.28. The zero-order chi connectivity index (χ0) is 20.0. The first-order valence-electron chi connectivity index (χ1n) is 9.36. The Hall–Kier alpha value is -3.61. The molecule has 0 spiro atoms. The molecule has 0 saturated heterocycles. The fraction of sp³-hybridized carbons (Fsp3) is 0.227. The molecule has 0 saturated carbocycles. The van der Waals surface area contributed by atoms with Crippen molar-refractivity contribution < 1.29 is 13.9 Å². The molecule has 1 aliphatic heterocycles. The zero-order valence-corrected chi connectivity index (χ0v) is 16.0. The van der Waals surface area contributed by atoms with Gasteiger partial charge in [-0.2, -0.15) is 0 Å². The first-order valence-corrected chi connectivity index (χ1v) is 9.36. The van der Waals surface area contributed by atoms with Gasteiger partial charge in [0.25, 0.3) is 0 Å². The predicted octanol–water partition coefficient (Wildman–Crippen LogP) is 3.74. The molecule has 4 aromatic rings. The number of nitrogens with one attached hydrogen (secondary N) is 1. The quantitative estimate of drug-likeness (QED) is 0.537. The minimum atomic E-state index is -0.602. The summed E-state index contributed by atoms with van der Waals surface area (Å²) in [4.78, 5) is 23.1. The Labute approximate surface area is 166 Å². The summed E-state index contributed by atoms with van der Waals surface area (Å²) in [6.07, 6.45) is 5.61. The van der Waals surface area contributed by atoms with Crippen LogP contribution in [0, 0.1) is 0 Å². The normalized spacial score (nSPS) is 17.5. The van der Waals surface area contributed by atoms with Gasteiger partial charge in [-0.3, -0.25) is 0 Å². The molecule has 7 heteroatoms. The van der Waals surface area contributed by atoms with Crippen LogP contribution in [0.3, 0.4) is 0 Å². The molecule has 0 aliphatic carbocycles. The number of benzene rings is 1. The molecule has 5 rings (SSSR count). The van der Waals surface area contributed by atoms with Crippen molar-refractivity contribution in [2.45, 2.75) is 32.0 Å². The van der Waals surface area contributed by atoms with Crippen LogP contribution in [0.4, 0.5) is 0 Å². The van der Waals surface area contributed by atoms with Gasteiger partial charge in [0, 0.05) is 48.0 Å². The molecule has 3 aromatic heterocycles. The number of nitrogens with zero attached hydrogens (tertiary/aromatic N) is 2. The maximum atomic E-state index is 11.5. The molecule has 0 radical (unpaired) electrons. The molecule has 0 amide bonds. The largest absolute Gasteiger partial charge is 0.484 e. The molecule has 4 heterocycles. The topological polar surface area (TPSA) is 90.2 Å². The molecule has 29 heavy (non-hydrogen) atoms. The Morgan fingerprint density at radius 1 is 1.17 bits per heavy atom. The maximum absolute atomic E-state index is 11.5. The Kier molecular flexibility index (Phi) is 3.91. The van der Waals surface area contributed by atoms with Gasteiger partial charge in [-0.05, 0) is 37.6 Å². The number of ether oxygens (including phenoxy) is 2. The third-order valence-corrected chi connectivity index (χ3v) is 5.15. The van der Waals surface area contributed by atoms with E-state index in [9.17, 15) is 4.79 Å². The van der Waals surface area contributed by atoms with E-state index in [2.05, 4.69) is 15.0 Å². The van der Waals surface area contributed by atoms with Crippen molar-refractivity contribution in [2.24, 2.45) is 0 Å².